The molecule has 3 rings (SSSR count). The molecule has 0 N–H and O–H groups in total. The summed E-state index contributed by atoms with van der Waals surface area (Å²) < 4.78 is 11.1. The molecule has 1 saturated heterocycles. The topological polar surface area (TPSA) is 55.8 Å². The van der Waals surface area contributed by atoms with Crippen molar-refractivity contribution in [3.8, 4) is 0 Å². The smallest absolute Gasteiger partial charge is 0.410 e. The Kier molecular flexibility index (Phi) is 4.52. The number of carbonyl (C=O) groups excluding carboxylic acids is 2. The van der Waals surface area contributed by atoms with Gasteiger partial charge in [0.2, 0.25) is 0 Å². The van der Waals surface area contributed by atoms with E-state index in [9.17, 15) is 9.59 Å². The van der Waals surface area contributed by atoms with Crippen LogP contribution >= 0.6 is 0 Å². The van der Waals surface area contributed by atoms with Gasteiger partial charge in [0.15, 0.2) is 0 Å². The number of hydrogen-bond donors (Lipinski definition) is 0. The molecule has 1 heterocycles. The predicted molar refractivity (Wildman–Crippen MR) is 89.7 cm³/mol. The van der Waals surface area contributed by atoms with E-state index < -0.39 is 5.60 Å². The molecule has 130 valence electrons. The number of rotatable bonds is 2. The molecule has 2 atom stereocenters. The highest BCUT2D eigenvalue weighted by Crippen LogP contribution is 2.40. The Hall–Kier alpha value is -2.04. The maximum atomic E-state index is 12.2. The third-order valence-electron chi connectivity index (χ3n) is 4.64. The maximum Gasteiger partial charge on any atom is 0.410 e. The standard InChI is InChI=1S/C19H25NO4/c1-19(2,3)24-18(22)20-11-14-9-16(10-15(14)12-20)23-17(21)13-7-5-4-6-8-13/h4-8,14-16H,9-12H2,1-3H3. The molecule has 2 fully saturated rings. The van der Waals surface area contributed by atoms with E-state index in [0.717, 1.165) is 12.8 Å². The van der Waals surface area contributed by atoms with Gasteiger partial charge >= 0.3 is 12.1 Å². The van der Waals surface area contributed by atoms with Gasteiger partial charge in [0, 0.05) is 13.1 Å². The number of benzene rings is 1. The summed E-state index contributed by atoms with van der Waals surface area (Å²) in [6.45, 7) is 7.01. The van der Waals surface area contributed by atoms with Crippen molar-refractivity contribution in [2.75, 3.05) is 13.1 Å². The Morgan fingerprint density at radius 1 is 1.04 bits per heavy atom. The summed E-state index contributed by atoms with van der Waals surface area (Å²) in [5.41, 5.74) is 0.118. The lowest BCUT2D eigenvalue weighted by molar-refractivity contribution is 0.0208. The Balaban J connectivity index is 1.50. The van der Waals surface area contributed by atoms with Crippen molar-refractivity contribution >= 4 is 12.1 Å². The molecule has 24 heavy (non-hydrogen) atoms. The van der Waals surface area contributed by atoms with Crippen LogP contribution in [0.5, 0.6) is 0 Å². The number of nitrogens with zero attached hydrogens (tertiary/aromatic N) is 1. The van der Waals surface area contributed by atoms with Crippen molar-refractivity contribution in [3.05, 3.63) is 35.9 Å². The van der Waals surface area contributed by atoms with Gasteiger partial charge in [-0.25, -0.2) is 9.59 Å². The first kappa shape index (κ1) is 16.8. The molecule has 0 bridgehead atoms. The Labute approximate surface area is 142 Å². The van der Waals surface area contributed by atoms with Crippen LogP contribution < -0.4 is 0 Å². The zero-order chi connectivity index (χ0) is 17.3. The molecule has 0 aromatic heterocycles. The second kappa shape index (κ2) is 6.46. The first-order valence-electron chi connectivity index (χ1n) is 8.56. The third-order valence-corrected chi connectivity index (χ3v) is 4.64. The number of carbonyl (C=O) groups is 2. The molecule has 5 nitrogen and oxygen atoms in total. The van der Waals surface area contributed by atoms with Gasteiger partial charge in [0.25, 0.3) is 0 Å². The monoisotopic (exact) mass is 331 g/mol. The van der Waals surface area contributed by atoms with Crippen molar-refractivity contribution in [2.45, 2.75) is 45.3 Å². The maximum absolute atomic E-state index is 12.2. The van der Waals surface area contributed by atoms with Gasteiger partial charge < -0.3 is 14.4 Å². The number of hydrogen-bond acceptors (Lipinski definition) is 4. The average molecular weight is 331 g/mol. The second-order valence-corrected chi connectivity index (χ2v) is 7.77. The highest BCUT2D eigenvalue weighted by atomic mass is 16.6. The SMILES string of the molecule is CC(C)(C)OC(=O)N1CC2CC(OC(=O)c3ccccc3)CC2C1. The number of ether oxygens (including phenoxy) is 2. The van der Waals surface area contributed by atoms with Crippen LogP contribution in [0.4, 0.5) is 4.79 Å². The van der Waals surface area contributed by atoms with Crippen LogP contribution in [0, 0.1) is 11.8 Å². The van der Waals surface area contributed by atoms with Crippen molar-refractivity contribution in [2.24, 2.45) is 11.8 Å². The van der Waals surface area contributed by atoms with Gasteiger partial charge in [-0.15, -0.1) is 0 Å². The number of amides is 1. The molecule has 0 spiro atoms. The Bertz CT molecular complexity index is 594. The molecule has 0 radical (unpaired) electrons. The molecule has 1 aliphatic carbocycles. The van der Waals surface area contributed by atoms with Crippen molar-refractivity contribution in [1.29, 1.82) is 0 Å². The molecule has 2 unspecified atom stereocenters. The van der Waals surface area contributed by atoms with Crippen LogP contribution in [0.3, 0.4) is 0 Å². The molecular formula is C19H25NO4. The summed E-state index contributed by atoms with van der Waals surface area (Å²) in [7, 11) is 0. The van der Waals surface area contributed by atoms with E-state index >= 15 is 0 Å². The molecule has 1 aromatic carbocycles. The molecule has 5 heteroatoms. The normalized spacial score (nSPS) is 26.1. The van der Waals surface area contributed by atoms with Crippen LogP contribution in [0.2, 0.25) is 0 Å². The molecule has 1 aliphatic heterocycles. The second-order valence-electron chi connectivity index (χ2n) is 7.77. The van der Waals surface area contributed by atoms with E-state index in [0.29, 0.717) is 30.5 Å². The quantitative estimate of drug-likeness (QED) is 0.779. The lowest BCUT2D eigenvalue weighted by Gasteiger charge is -2.25. The summed E-state index contributed by atoms with van der Waals surface area (Å²) >= 11 is 0. The summed E-state index contributed by atoms with van der Waals surface area (Å²) in [5, 5.41) is 0. The fourth-order valence-electron chi connectivity index (χ4n) is 3.61. The summed E-state index contributed by atoms with van der Waals surface area (Å²) in [4.78, 5) is 26.1. The van der Waals surface area contributed by atoms with Crippen LogP contribution in [0.1, 0.15) is 44.0 Å². The lowest BCUT2D eigenvalue weighted by atomic mass is 10.0. The van der Waals surface area contributed by atoms with Gasteiger partial charge in [-0.1, -0.05) is 18.2 Å². The van der Waals surface area contributed by atoms with Gasteiger partial charge in [0.05, 0.1) is 5.56 Å². The minimum Gasteiger partial charge on any atom is -0.459 e. The van der Waals surface area contributed by atoms with Crippen molar-refractivity contribution in [3.63, 3.8) is 0 Å². The highest BCUT2D eigenvalue weighted by Gasteiger charge is 2.44. The Morgan fingerprint density at radius 3 is 2.17 bits per heavy atom. The summed E-state index contributed by atoms with van der Waals surface area (Å²) in [6, 6.07) is 9.07. The van der Waals surface area contributed by atoms with E-state index in [1.165, 1.54) is 0 Å². The minimum atomic E-state index is -0.470. The molecule has 2 aliphatic rings. The lowest BCUT2D eigenvalue weighted by Crippen LogP contribution is -2.36. The third kappa shape index (κ3) is 3.89. The summed E-state index contributed by atoms with van der Waals surface area (Å²) in [6.07, 6.45) is 1.36. The molecule has 1 amide bonds. The molecule has 1 aromatic rings. The number of esters is 1. The Morgan fingerprint density at radius 2 is 1.62 bits per heavy atom. The zero-order valence-electron chi connectivity index (χ0n) is 14.5. The fraction of sp³-hybridized carbons (Fsp3) is 0.579. The van der Waals surface area contributed by atoms with Crippen LogP contribution in [0.15, 0.2) is 30.3 Å². The van der Waals surface area contributed by atoms with Crippen LogP contribution in [-0.2, 0) is 9.47 Å². The fourth-order valence-corrected chi connectivity index (χ4v) is 3.61. The molecule has 1 saturated carbocycles. The first-order valence-corrected chi connectivity index (χ1v) is 8.56. The number of likely N-dealkylation sites (tertiary alicyclic amines) is 1. The predicted octanol–water partition coefficient (Wildman–Crippen LogP) is 3.49. The highest BCUT2D eigenvalue weighted by molar-refractivity contribution is 5.89. The van der Waals surface area contributed by atoms with Gasteiger partial charge in [-0.3, -0.25) is 0 Å². The summed E-state index contributed by atoms with van der Waals surface area (Å²) in [5.74, 6) is 0.529. The van der Waals surface area contributed by atoms with E-state index in [4.69, 9.17) is 9.47 Å². The van der Waals surface area contributed by atoms with E-state index in [-0.39, 0.29) is 18.2 Å². The van der Waals surface area contributed by atoms with E-state index in [1.807, 2.05) is 39.0 Å². The van der Waals surface area contributed by atoms with Crippen LogP contribution in [0.25, 0.3) is 0 Å². The van der Waals surface area contributed by atoms with E-state index in [1.54, 1.807) is 17.0 Å². The van der Waals surface area contributed by atoms with Crippen molar-refractivity contribution in [1.82, 2.24) is 4.90 Å². The largest absolute Gasteiger partial charge is 0.459 e. The van der Waals surface area contributed by atoms with Crippen LogP contribution in [-0.4, -0.2) is 41.8 Å². The van der Waals surface area contributed by atoms with E-state index in [2.05, 4.69) is 0 Å². The van der Waals surface area contributed by atoms with Gasteiger partial charge in [-0.2, -0.15) is 0 Å². The zero-order valence-corrected chi connectivity index (χ0v) is 14.5. The first-order chi connectivity index (χ1) is 11.3. The number of fused-ring (bicyclic) bond motifs is 1. The van der Waals surface area contributed by atoms with Gasteiger partial charge in [-0.05, 0) is 57.6 Å². The van der Waals surface area contributed by atoms with Gasteiger partial charge in [0.1, 0.15) is 11.7 Å². The average Bonchev–Trinajstić information content (AvgIpc) is 3.04. The minimum absolute atomic E-state index is 0.0477. The molecular weight excluding hydrogens is 306 g/mol. The van der Waals surface area contributed by atoms with Crippen molar-refractivity contribution < 1.29 is 19.1 Å².